The second-order valence-corrected chi connectivity index (χ2v) is 4.37. The van der Waals surface area contributed by atoms with Crippen molar-refractivity contribution in [3.8, 4) is 5.13 Å². The van der Waals surface area contributed by atoms with Gasteiger partial charge in [0.15, 0.2) is 5.65 Å². The standard InChI is InChI=1S/C9H6N6O2S/c10-6-4-1-14-15(7(4)13-3-12-6)9-11-2-5(18-9)8(16)17/h1-3H,(H,16,17)(H2,10,12,13). The zero-order valence-electron chi connectivity index (χ0n) is 8.81. The molecule has 3 heterocycles. The number of nitrogens with two attached hydrogens (primary N) is 1. The molecular weight excluding hydrogens is 256 g/mol. The monoisotopic (exact) mass is 262 g/mol. The van der Waals surface area contributed by atoms with E-state index in [0.29, 0.717) is 22.0 Å². The van der Waals surface area contributed by atoms with Crippen molar-refractivity contribution >= 4 is 34.2 Å². The number of nitrogens with zero attached hydrogens (tertiary/aromatic N) is 5. The first kappa shape index (κ1) is 10.6. The Bertz CT molecular complexity index is 748. The third kappa shape index (κ3) is 1.49. The van der Waals surface area contributed by atoms with Crippen LogP contribution in [0.5, 0.6) is 0 Å². The maximum atomic E-state index is 10.8. The summed E-state index contributed by atoms with van der Waals surface area (Å²) in [6.45, 7) is 0. The van der Waals surface area contributed by atoms with Gasteiger partial charge >= 0.3 is 5.97 Å². The molecule has 0 radical (unpaired) electrons. The summed E-state index contributed by atoms with van der Waals surface area (Å²) >= 11 is 1.01. The van der Waals surface area contributed by atoms with E-state index in [9.17, 15) is 4.79 Å². The van der Waals surface area contributed by atoms with E-state index in [1.54, 1.807) is 0 Å². The molecule has 0 bridgehead atoms. The number of rotatable bonds is 2. The Kier molecular flexibility index (Phi) is 2.20. The molecule has 0 aliphatic heterocycles. The van der Waals surface area contributed by atoms with Crippen LogP contribution in [0.1, 0.15) is 9.67 Å². The van der Waals surface area contributed by atoms with Crippen molar-refractivity contribution in [3.63, 3.8) is 0 Å². The first-order valence-electron chi connectivity index (χ1n) is 4.80. The zero-order chi connectivity index (χ0) is 12.7. The average molecular weight is 262 g/mol. The maximum absolute atomic E-state index is 10.8. The molecule has 18 heavy (non-hydrogen) atoms. The van der Waals surface area contributed by atoms with Crippen molar-refractivity contribution in [2.75, 3.05) is 5.73 Å². The summed E-state index contributed by atoms with van der Waals surface area (Å²) in [6.07, 6.45) is 4.12. The van der Waals surface area contributed by atoms with Crippen molar-refractivity contribution in [1.82, 2.24) is 24.7 Å². The van der Waals surface area contributed by atoms with Gasteiger partial charge in [-0.25, -0.2) is 19.7 Å². The van der Waals surface area contributed by atoms with Gasteiger partial charge in [-0.1, -0.05) is 11.3 Å². The molecule has 90 valence electrons. The smallest absolute Gasteiger partial charge is 0.347 e. The molecule has 3 aromatic heterocycles. The highest BCUT2D eigenvalue weighted by molar-refractivity contribution is 7.15. The predicted molar refractivity (Wildman–Crippen MR) is 63.7 cm³/mol. The topological polar surface area (TPSA) is 120 Å². The number of aromatic nitrogens is 5. The molecule has 0 saturated heterocycles. The number of carboxylic acid groups (broad SMARTS) is 1. The molecular formula is C9H6N6O2S. The summed E-state index contributed by atoms with van der Waals surface area (Å²) in [6, 6.07) is 0. The van der Waals surface area contributed by atoms with Gasteiger partial charge < -0.3 is 10.8 Å². The van der Waals surface area contributed by atoms with Crippen molar-refractivity contribution in [3.05, 3.63) is 23.6 Å². The number of anilines is 1. The third-order valence-corrected chi connectivity index (χ3v) is 3.24. The van der Waals surface area contributed by atoms with E-state index in [-0.39, 0.29) is 4.88 Å². The van der Waals surface area contributed by atoms with Crippen LogP contribution in [-0.2, 0) is 0 Å². The Labute approximate surface area is 104 Å². The summed E-state index contributed by atoms with van der Waals surface area (Å²) in [5, 5.41) is 14.0. The van der Waals surface area contributed by atoms with Crippen molar-refractivity contribution in [1.29, 1.82) is 0 Å². The Morgan fingerprint density at radius 3 is 2.89 bits per heavy atom. The van der Waals surface area contributed by atoms with Gasteiger partial charge in [-0.3, -0.25) is 0 Å². The molecule has 8 nitrogen and oxygen atoms in total. The fourth-order valence-corrected chi connectivity index (χ4v) is 2.18. The van der Waals surface area contributed by atoms with E-state index in [1.807, 2.05) is 0 Å². The Morgan fingerprint density at radius 1 is 1.33 bits per heavy atom. The lowest BCUT2D eigenvalue weighted by atomic mass is 10.4. The SMILES string of the molecule is Nc1ncnc2c1cnn2-c1ncc(C(=O)O)s1. The molecule has 3 N–H and O–H groups in total. The summed E-state index contributed by atoms with van der Waals surface area (Å²) < 4.78 is 1.44. The van der Waals surface area contributed by atoms with Crippen molar-refractivity contribution in [2.45, 2.75) is 0 Å². The van der Waals surface area contributed by atoms with Crippen molar-refractivity contribution < 1.29 is 9.90 Å². The fraction of sp³-hybridized carbons (Fsp3) is 0. The van der Waals surface area contributed by atoms with Crippen LogP contribution in [0, 0.1) is 0 Å². The van der Waals surface area contributed by atoms with E-state index in [2.05, 4.69) is 20.1 Å². The molecule has 9 heteroatoms. The summed E-state index contributed by atoms with van der Waals surface area (Å²) in [5.74, 6) is -0.703. The van der Waals surface area contributed by atoms with Crippen LogP contribution in [-0.4, -0.2) is 35.8 Å². The maximum Gasteiger partial charge on any atom is 0.347 e. The molecule has 3 rings (SSSR count). The van der Waals surface area contributed by atoms with Gasteiger partial charge in [0.25, 0.3) is 0 Å². The largest absolute Gasteiger partial charge is 0.477 e. The molecule has 0 spiro atoms. The summed E-state index contributed by atoms with van der Waals surface area (Å²) in [7, 11) is 0. The van der Waals surface area contributed by atoms with Crippen LogP contribution >= 0.6 is 11.3 Å². The second kappa shape index (κ2) is 3.74. The number of thiazole rings is 1. The molecule has 0 aliphatic carbocycles. The normalized spacial score (nSPS) is 10.9. The van der Waals surface area contributed by atoms with E-state index < -0.39 is 5.97 Å². The highest BCUT2D eigenvalue weighted by atomic mass is 32.1. The fourth-order valence-electron chi connectivity index (χ4n) is 1.46. The number of aromatic carboxylic acids is 1. The lowest BCUT2D eigenvalue weighted by Crippen LogP contribution is -1.98. The van der Waals surface area contributed by atoms with Gasteiger partial charge in [0.2, 0.25) is 5.13 Å². The molecule has 0 unspecified atom stereocenters. The first-order chi connectivity index (χ1) is 8.66. The average Bonchev–Trinajstić information content (AvgIpc) is 2.94. The molecule has 0 aromatic carbocycles. The Hall–Kier alpha value is -2.55. The van der Waals surface area contributed by atoms with E-state index in [4.69, 9.17) is 10.8 Å². The molecule has 0 fully saturated rings. The van der Waals surface area contributed by atoms with Gasteiger partial charge in [-0.15, -0.1) is 0 Å². The van der Waals surface area contributed by atoms with Crippen LogP contribution in [0.15, 0.2) is 18.7 Å². The quantitative estimate of drug-likeness (QED) is 0.691. The molecule has 0 aliphatic rings. The third-order valence-electron chi connectivity index (χ3n) is 2.28. The van der Waals surface area contributed by atoms with Gasteiger partial charge in [0.1, 0.15) is 17.0 Å². The van der Waals surface area contributed by atoms with E-state index in [1.165, 1.54) is 23.4 Å². The molecule has 0 saturated carbocycles. The van der Waals surface area contributed by atoms with Gasteiger partial charge in [-0.2, -0.15) is 9.78 Å². The van der Waals surface area contributed by atoms with E-state index >= 15 is 0 Å². The zero-order valence-corrected chi connectivity index (χ0v) is 9.63. The van der Waals surface area contributed by atoms with Crippen molar-refractivity contribution in [2.24, 2.45) is 0 Å². The number of carboxylic acids is 1. The lowest BCUT2D eigenvalue weighted by Gasteiger charge is -1.97. The highest BCUT2D eigenvalue weighted by Crippen LogP contribution is 2.22. The van der Waals surface area contributed by atoms with Crippen LogP contribution in [0.25, 0.3) is 16.2 Å². The number of hydrogen-bond acceptors (Lipinski definition) is 7. The Morgan fingerprint density at radius 2 is 2.17 bits per heavy atom. The minimum absolute atomic E-state index is 0.135. The van der Waals surface area contributed by atoms with Gasteiger partial charge in [0.05, 0.1) is 17.8 Å². The minimum Gasteiger partial charge on any atom is -0.477 e. The molecule has 3 aromatic rings. The number of carbonyl (C=O) groups is 1. The molecule has 0 atom stereocenters. The van der Waals surface area contributed by atoms with E-state index in [0.717, 1.165) is 11.3 Å². The van der Waals surface area contributed by atoms with Crippen LogP contribution in [0.2, 0.25) is 0 Å². The highest BCUT2D eigenvalue weighted by Gasteiger charge is 2.14. The van der Waals surface area contributed by atoms with Crippen LogP contribution < -0.4 is 5.73 Å². The first-order valence-corrected chi connectivity index (χ1v) is 5.62. The minimum atomic E-state index is -1.02. The predicted octanol–water partition coefficient (Wildman–Crippen LogP) is 0.552. The number of fused-ring (bicyclic) bond motifs is 1. The van der Waals surface area contributed by atoms with Gasteiger partial charge in [-0.05, 0) is 0 Å². The number of hydrogen-bond donors (Lipinski definition) is 2. The van der Waals surface area contributed by atoms with Gasteiger partial charge in [0, 0.05) is 0 Å². The number of nitrogen functional groups attached to an aromatic ring is 1. The summed E-state index contributed by atoms with van der Waals surface area (Å²) in [4.78, 5) is 22.8. The van der Waals surface area contributed by atoms with Crippen LogP contribution in [0.4, 0.5) is 5.82 Å². The Balaban J connectivity index is 2.19. The van der Waals surface area contributed by atoms with Crippen LogP contribution in [0.3, 0.4) is 0 Å². The molecule has 0 amide bonds. The summed E-state index contributed by atoms with van der Waals surface area (Å²) in [5.41, 5.74) is 6.18. The lowest BCUT2D eigenvalue weighted by molar-refractivity contribution is 0.0702. The second-order valence-electron chi connectivity index (χ2n) is 3.36.